The molecule has 21 heavy (non-hydrogen) atoms. The molecule has 3 rings (SSSR count). The summed E-state index contributed by atoms with van der Waals surface area (Å²) in [5, 5.41) is 3.59. The van der Waals surface area contributed by atoms with Crippen LogP contribution in [0.2, 0.25) is 5.02 Å². The molecule has 0 radical (unpaired) electrons. The van der Waals surface area contributed by atoms with Gasteiger partial charge in [0.1, 0.15) is 10.7 Å². The van der Waals surface area contributed by atoms with Gasteiger partial charge < -0.3 is 5.32 Å². The second kappa shape index (κ2) is 5.77. The minimum Gasteiger partial charge on any atom is -0.310 e. The third kappa shape index (κ3) is 2.99. The number of halogens is 3. The van der Waals surface area contributed by atoms with Crippen molar-refractivity contribution in [2.75, 3.05) is 13.1 Å². The molecule has 2 bridgehead atoms. The normalized spacial score (nSPS) is 26.8. The van der Waals surface area contributed by atoms with E-state index in [-0.39, 0.29) is 16.0 Å². The number of nitrogens with zero attached hydrogens (tertiary/aromatic N) is 1. The van der Waals surface area contributed by atoms with Crippen LogP contribution in [0.4, 0.5) is 4.39 Å². The van der Waals surface area contributed by atoms with Gasteiger partial charge in [0.2, 0.25) is 10.0 Å². The zero-order chi connectivity index (χ0) is 15.2. The van der Waals surface area contributed by atoms with Gasteiger partial charge in [0.25, 0.3) is 0 Å². The number of rotatable bonds is 2. The van der Waals surface area contributed by atoms with Crippen LogP contribution >= 0.6 is 27.5 Å². The average molecular weight is 398 g/mol. The highest BCUT2D eigenvalue weighted by Gasteiger charge is 2.36. The molecule has 8 heteroatoms. The second-order valence-electron chi connectivity index (χ2n) is 5.49. The zero-order valence-electron chi connectivity index (χ0n) is 11.2. The van der Waals surface area contributed by atoms with Gasteiger partial charge in [0, 0.05) is 29.6 Å². The number of benzene rings is 1. The monoisotopic (exact) mass is 396 g/mol. The van der Waals surface area contributed by atoms with Crippen LogP contribution in [0.1, 0.15) is 19.3 Å². The van der Waals surface area contributed by atoms with E-state index >= 15 is 0 Å². The van der Waals surface area contributed by atoms with Gasteiger partial charge in [-0.15, -0.1) is 0 Å². The molecule has 0 aliphatic carbocycles. The minimum absolute atomic E-state index is 0.154. The molecule has 116 valence electrons. The van der Waals surface area contributed by atoms with Gasteiger partial charge in [-0.3, -0.25) is 0 Å². The molecule has 2 aliphatic heterocycles. The highest BCUT2D eigenvalue weighted by atomic mass is 79.9. The predicted molar refractivity (Wildman–Crippen MR) is 82.4 cm³/mol. The highest BCUT2D eigenvalue weighted by molar-refractivity contribution is 9.10. The first kappa shape index (κ1) is 15.7. The first-order chi connectivity index (χ1) is 9.88. The molecule has 2 fully saturated rings. The first-order valence-electron chi connectivity index (χ1n) is 6.78. The highest BCUT2D eigenvalue weighted by Crippen LogP contribution is 2.31. The number of sulfonamides is 1. The van der Waals surface area contributed by atoms with Crippen LogP contribution < -0.4 is 5.32 Å². The van der Waals surface area contributed by atoms with Crippen molar-refractivity contribution in [3.05, 3.63) is 27.4 Å². The van der Waals surface area contributed by atoms with Crippen molar-refractivity contribution < 1.29 is 12.8 Å². The SMILES string of the molecule is O=S(=O)(c1cc(Cl)c(Br)cc1F)N1CCC2CCC(C1)N2. The fourth-order valence-corrected chi connectivity index (χ4v) is 5.09. The molecule has 2 aliphatic rings. The van der Waals surface area contributed by atoms with Crippen LogP contribution in [0.5, 0.6) is 0 Å². The van der Waals surface area contributed by atoms with E-state index in [1.807, 2.05) is 0 Å². The van der Waals surface area contributed by atoms with E-state index in [1.165, 1.54) is 10.4 Å². The Bertz CT molecular complexity index is 670. The summed E-state index contributed by atoms with van der Waals surface area (Å²) in [4.78, 5) is -0.353. The molecule has 0 amide bonds. The van der Waals surface area contributed by atoms with Crippen molar-refractivity contribution in [1.82, 2.24) is 9.62 Å². The number of fused-ring (bicyclic) bond motifs is 2. The second-order valence-corrected chi connectivity index (χ2v) is 8.65. The fraction of sp³-hybridized carbons (Fsp3) is 0.538. The Kier molecular flexibility index (Phi) is 4.31. The van der Waals surface area contributed by atoms with Crippen molar-refractivity contribution in [2.45, 2.75) is 36.2 Å². The van der Waals surface area contributed by atoms with Crippen molar-refractivity contribution in [3.8, 4) is 0 Å². The molecule has 1 aromatic carbocycles. The summed E-state index contributed by atoms with van der Waals surface area (Å²) in [6.45, 7) is 0.787. The van der Waals surface area contributed by atoms with E-state index in [0.29, 0.717) is 23.6 Å². The van der Waals surface area contributed by atoms with Gasteiger partial charge in [-0.1, -0.05) is 11.6 Å². The molecule has 2 atom stereocenters. The summed E-state index contributed by atoms with van der Waals surface area (Å²) in [6, 6.07) is 2.79. The predicted octanol–water partition coefficient (Wildman–Crippen LogP) is 2.76. The van der Waals surface area contributed by atoms with Gasteiger partial charge >= 0.3 is 0 Å². The van der Waals surface area contributed by atoms with Crippen molar-refractivity contribution in [3.63, 3.8) is 0 Å². The molecule has 0 spiro atoms. The molecule has 2 saturated heterocycles. The van der Waals surface area contributed by atoms with E-state index in [1.54, 1.807) is 0 Å². The van der Waals surface area contributed by atoms with Gasteiger partial charge in [0.15, 0.2) is 0 Å². The van der Waals surface area contributed by atoms with Gasteiger partial charge in [-0.25, -0.2) is 12.8 Å². The van der Waals surface area contributed by atoms with Gasteiger partial charge in [0.05, 0.1) is 5.02 Å². The summed E-state index contributed by atoms with van der Waals surface area (Å²) in [5.41, 5.74) is 0. The zero-order valence-corrected chi connectivity index (χ0v) is 14.3. The van der Waals surface area contributed by atoms with Crippen LogP contribution in [0, 0.1) is 5.82 Å². The van der Waals surface area contributed by atoms with Crippen LogP contribution in [-0.2, 0) is 10.0 Å². The van der Waals surface area contributed by atoms with Crippen molar-refractivity contribution in [1.29, 1.82) is 0 Å². The van der Waals surface area contributed by atoms with Crippen LogP contribution in [-0.4, -0.2) is 37.9 Å². The maximum atomic E-state index is 14.1. The van der Waals surface area contributed by atoms with E-state index in [0.717, 1.165) is 25.3 Å². The molecule has 1 aromatic rings. The minimum atomic E-state index is -3.86. The molecule has 1 N–H and O–H groups in total. The van der Waals surface area contributed by atoms with E-state index in [2.05, 4.69) is 21.2 Å². The lowest BCUT2D eigenvalue weighted by Crippen LogP contribution is -2.39. The summed E-state index contributed by atoms with van der Waals surface area (Å²) >= 11 is 9.01. The number of hydrogen-bond donors (Lipinski definition) is 1. The molecular formula is C13H15BrClFN2O2S. The van der Waals surface area contributed by atoms with Gasteiger partial charge in [-0.2, -0.15) is 4.31 Å². The van der Waals surface area contributed by atoms with E-state index < -0.39 is 15.8 Å². The number of hydrogen-bond acceptors (Lipinski definition) is 3. The summed E-state index contributed by atoms with van der Waals surface area (Å²) < 4.78 is 41.1. The Morgan fingerprint density at radius 3 is 2.76 bits per heavy atom. The molecular weight excluding hydrogens is 383 g/mol. The van der Waals surface area contributed by atoms with Crippen molar-refractivity contribution >= 4 is 37.6 Å². The van der Waals surface area contributed by atoms with Crippen LogP contribution in [0.3, 0.4) is 0 Å². The molecule has 0 saturated carbocycles. The topological polar surface area (TPSA) is 49.4 Å². The molecule has 2 unspecified atom stereocenters. The lowest BCUT2D eigenvalue weighted by atomic mass is 10.1. The quantitative estimate of drug-likeness (QED) is 0.781. The Morgan fingerprint density at radius 2 is 2.00 bits per heavy atom. The Hall–Kier alpha value is -0.210. The largest absolute Gasteiger partial charge is 0.310 e. The summed E-state index contributed by atoms with van der Waals surface area (Å²) in [6.07, 6.45) is 2.79. The lowest BCUT2D eigenvalue weighted by molar-refractivity contribution is 0.381. The Morgan fingerprint density at radius 1 is 1.29 bits per heavy atom. The third-order valence-electron chi connectivity index (χ3n) is 4.08. The summed E-state index contributed by atoms with van der Waals surface area (Å²) in [5.74, 6) is -0.784. The van der Waals surface area contributed by atoms with Gasteiger partial charge in [-0.05, 0) is 47.3 Å². The standard InChI is InChI=1S/C13H15BrClFN2O2S/c14-10-5-12(16)13(6-11(10)15)21(19,20)18-4-3-8-1-2-9(7-18)17-8/h5-6,8-9,17H,1-4,7H2. The molecule has 4 nitrogen and oxygen atoms in total. The summed E-state index contributed by atoms with van der Waals surface area (Å²) in [7, 11) is -3.86. The third-order valence-corrected chi connectivity index (χ3v) is 7.16. The Labute approximate surface area is 136 Å². The maximum Gasteiger partial charge on any atom is 0.246 e. The smallest absolute Gasteiger partial charge is 0.246 e. The fourth-order valence-electron chi connectivity index (χ4n) is 2.97. The lowest BCUT2D eigenvalue weighted by Gasteiger charge is -2.24. The average Bonchev–Trinajstić information content (AvgIpc) is 2.72. The molecule has 0 aromatic heterocycles. The number of nitrogens with one attached hydrogen (secondary N) is 1. The van der Waals surface area contributed by atoms with Crippen molar-refractivity contribution in [2.24, 2.45) is 0 Å². The first-order valence-corrected chi connectivity index (χ1v) is 9.40. The van der Waals surface area contributed by atoms with E-state index in [9.17, 15) is 12.8 Å². The van der Waals surface area contributed by atoms with E-state index in [4.69, 9.17) is 11.6 Å². The van der Waals surface area contributed by atoms with Crippen LogP contribution in [0.15, 0.2) is 21.5 Å². The Balaban J connectivity index is 1.95. The maximum absolute atomic E-state index is 14.1. The van der Waals surface area contributed by atoms with Crippen LogP contribution in [0.25, 0.3) is 0 Å². The molecule has 2 heterocycles.